The van der Waals surface area contributed by atoms with Gasteiger partial charge in [-0.2, -0.15) is 5.10 Å². The van der Waals surface area contributed by atoms with E-state index >= 15 is 0 Å². The molecule has 72 valence electrons. The van der Waals surface area contributed by atoms with Gasteiger partial charge in [0, 0.05) is 22.8 Å². The van der Waals surface area contributed by atoms with Crippen molar-refractivity contribution >= 4 is 0 Å². The van der Waals surface area contributed by atoms with Gasteiger partial charge in [-0.05, 0) is 17.2 Å². The molecule has 0 saturated heterocycles. The standard InChI is InChI=1S/C11H12N2O/c1-13-7-11(6-12-13)10-4-2-3-9(5-10)8-14/h2-7,14H,8H2,1H3/i1D3,8D2. The Bertz CT molecular complexity index is 585. The molecule has 2 rings (SSSR count). The van der Waals surface area contributed by atoms with Crippen molar-refractivity contribution in [2.45, 2.75) is 6.56 Å². The first kappa shape index (κ1) is 4.75. The number of benzene rings is 1. The Balaban J connectivity index is 2.40. The second-order valence-electron chi connectivity index (χ2n) is 2.87. The third-order valence-electron chi connectivity index (χ3n) is 1.91. The van der Waals surface area contributed by atoms with Crippen LogP contribution in [0.3, 0.4) is 0 Å². The molecule has 3 heteroatoms. The molecule has 0 aliphatic rings. The minimum absolute atomic E-state index is 0.103. The van der Waals surface area contributed by atoms with E-state index in [4.69, 9.17) is 6.85 Å². The van der Waals surface area contributed by atoms with Gasteiger partial charge in [0.15, 0.2) is 0 Å². The Kier molecular flexibility index (Phi) is 1.23. The molecule has 0 saturated carbocycles. The Hall–Kier alpha value is -1.61. The van der Waals surface area contributed by atoms with E-state index in [1.54, 1.807) is 12.1 Å². The molecular formula is C11H12N2O. The molecule has 0 aliphatic heterocycles. The lowest BCUT2D eigenvalue weighted by atomic mass is 10.1. The number of hydrogen-bond acceptors (Lipinski definition) is 2. The zero-order valence-corrected chi connectivity index (χ0v) is 7.31. The van der Waals surface area contributed by atoms with Crippen molar-refractivity contribution in [2.24, 2.45) is 6.98 Å². The molecule has 3 nitrogen and oxygen atoms in total. The third-order valence-corrected chi connectivity index (χ3v) is 1.91. The van der Waals surface area contributed by atoms with Gasteiger partial charge >= 0.3 is 0 Å². The average Bonchev–Trinajstić information content (AvgIpc) is 2.77. The maximum atomic E-state index is 9.32. The van der Waals surface area contributed by atoms with Gasteiger partial charge in [-0.15, -0.1) is 0 Å². The number of aliphatic hydroxyl groups is 1. The Morgan fingerprint density at radius 2 is 2.50 bits per heavy atom. The number of nitrogens with zero attached hydrogens (tertiary/aromatic N) is 2. The highest BCUT2D eigenvalue weighted by Crippen LogP contribution is 2.19. The SMILES string of the molecule is [2H]C([2H])(O)c1cccc(-c2cnn(C([2H])([2H])[2H])c2)c1. The molecule has 0 spiro atoms. The molecule has 14 heavy (non-hydrogen) atoms. The maximum Gasteiger partial charge on any atom is 0.0682 e. The summed E-state index contributed by atoms with van der Waals surface area (Å²) in [5, 5.41) is 13.1. The van der Waals surface area contributed by atoms with Gasteiger partial charge in [0.2, 0.25) is 0 Å². The van der Waals surface area contributed by atoms with Gasteiger partial charge < -0.3 is 5.11 Å². The number of aromatic nitrogens is 2. The summed E-state index contributed by atoms with van der Waals surface area (Å²) in [6.45, 7) is -4.78. The summed E-state index contributed by atoms with van der Waals surface area (Å²) >= 11 is 0. The highest BCUT2D eigenvalue weighted by atomic mass is 16.3. The van der Waals surface area contributed by atoms with E-state index in [1.165, 1.54) is 24.5 Å². The Morgan fingerprint density at radius 3 is 3.21 bits per heavy atom. The van der Waals surface area contributed by atoms with Crippen molar-refractivity contribution in [3.8, 4) is 11.1 Å². The van der Waals surface area contributed by atoms with Crippen LogP contribution in [0.5, 0.6) is 0 Å². The van der Waals surface area contributed by atoms with Crippen molar-refractivity contribution in [1.82, 2.24) is 9.78 Å². The summed E-state index contributed by atoms with van der Waals surface area (Å²) < 4.78 is 37.0. The summed E-state index contributed by atoms with van der Waals surface area (Å²) in [5.41, 5.74) is 1.24. The smallest absolute Gasteiger partial charge is 0.0682 e. The molecule has 1 N–H and O–H groups in total. The fraction of sp³-hybridized carbons (Fsp3) is 0.182. The summed E-state index contributed by atoms with van der Waals surface area (Å²) in [6.07, 6.45) is 2.75. The normalized spacial score (nSPS) is 17.6. The highest BCUT2D eigenvalue weighted by molar-refractivity contribution is 5.62. The van der Waals surface area contributed by atoms with E-state index in [0.29, 0.717) is 11.1 Å². The Morgan fingerprint density at radius 1 is 1.57 bits per heavy atom. The van der Waals surface area contributed by atoms with E-state index in [2.05, 4.69) is 5.10 Å². The maximum absolute atomic E-state index is 9.32. The van der Waals surface area contributed by atoms with Crippen LogP contribution in [0.2, 0.25) is 0 Å². The third kappa shape index (κ3) is 1.67. The van der Waals surface area contributed by atoms with Crippen LogP contribution in [0.4, 0.5) is 0 Å². The predicted octanol–water partition coefficient (Wildman–Crippen LogP) is 1.58. The zero-order chi connectivity index (χ0) is 14.3. The van der Waals surface area contributed by atoms with E-state index < -0.39 is 13.5 Å². The lowest BCUT2D eigenvalue weighted by Gasteiger charge is -1.99. The lowest BCUT2D eigenvalue weighted by Crippen LogP contribution is -1.85. The van der Waals surface area contributed by atoms with Gasteiger partial charge in [0.1, 0.15) is 0 Å². The van der Waals surface area contributed by atoms with Crippen molar-refractivity contribution in [2.75, 3.05) is 0 Å². The molecule has 0 amide bonds. The monoisotopic (exact) mass is 193 g/mol. The highest BCUT2D eigenvalue weighted by Gasteiger charge is 2.00. The minimum Gasteiger partial charge on any atom is -0.392 e. The summed E-state index contributed by atoms with van der Waals surface area (Å²) in [5.74, 6) is 0. The minimum atomic E-state index is -2.43. The first-order valence-electron chi connectivity index (χ1n) is 6.56. The first-order valence-corrected chi connectivity index (χ1v) is 4.06. The molecule has 0 atom stereocenters. The van der Waals surface area contributed by atoms with Crippen molar-refractivity contribution in [1.29, 1.82) is 0 Å². The summed E-state index contributed by atoms with van der Waals surface area (Å²) in [6, 6.07) is 6.19. The fourth-order valence-corrected chi connectivity index (χ4v) is 1.24. The number of rotatable bonds is 2. The van der Waals surface area contributed by atoms with Gasteiger partial charge in [-0.25, -0.2) is 0 Å². The number of aryl methyl sites for hydroxylation is 1. The average molecular weight is 193 g/mol. The van der Waals surface area contributed by atoms with Crippen LogP contribution in [-0.4, -0.2) is 14.9 Å². The first-order chi connectivity index (χ1) is 8.68. The van der Waals surface area contributed by atoms with Crippen molar-refractivity contribution < 1.29 is 12.0 Å². The van der Waals surface area contributed by atoms with E-state index in [0.717, 1.165) is 4.68 Å². The molecule has 1 aromatic heterocycles. The second-order valence-corrected chi connectivity index (χ2v) is 2.87. The van der Waals surface area contributed by atoms with Crippen LogP contribution in [0.1, 0.15) is 12.4 Å². The van der Waals surface area contributed by atoms with Crippen LogP contribution in [0.25, 0.3) is 11.1 Å². The molecule has 0 fully saturated rings. The predicted molar refractivity (Wildman–Crippen MR) is 54.6 cm³/mol. The number of hydrogen-bond donors (Lipinski definition) is 1. The van der Waals surface area contributed by atoms with E-state index in [-0.39, 0.29) is 5.56 Å². The molecule has 1 aromatic carbocycles. The molecule has 0 aliphatic carbocycles. The van der Waals surface area contributed by atoms with Crippen LogP contribution in [0, 0.1) is 0 Å². The van der Waals surface area contributed by atoms with Crippen molar-refractivity contribution in [3.63, 3.8) is 0 Å². The topological polar surface area (TPSA) is 38.1 Å². The van der Waals surface area contributed by atoms with Crippen molar-refractivity contribution in [3.05, 3.63) is 42.2 Å². The Labute approximate surface area is 89.6 Å². The second kappa shape index (κ2) is 3.64. The van der Waals surface area contributed by atoms with E-state index in [9.17, 15) is 5.11 Å². The summed E-state index contributed by atoms with van der Waals surface area (Å²) in [7, 11) is 0. The van der Waals surface area contributed by atoms with Crippen LogP contribution < -0.4 is 0 Å². The van der Waals surface area contributed by atoms with Crippen LogP contribution in [-0.2, 0) is 13.5 Å². The largest absolute Gasteiger partial charge is 0.392 e. The zero-order valence-electron chi connectivity index (χ0n) is 12.3. The van der Waals surface area contributed by atoms with Gasteiger partial charge in [-0.3, -0.25) is 4.68 Å². The molecule has 0 bridgehead atoms. The summed E-state index contributed by atoms with van der Waals surface area (Å²) in [4.78, 5) is 0. The molecule has 0 radical (unpaired) electrons. The molecule has 1 heterocycles. The fourth-order valence-electron chi connectivity index (χ4n) is 1.24. The van der Waals surface area contributed by atoms with Crippen LogP contribution in [0.15, 0.2) is 36.7 Å². The van der Waals surface area contributed by atoms with Gasteiger partial charge in [0.25, 0.3) is 0 Å². The lowest BCUT2D eigenvalue weighted by molar-refractivity contribution is 0.282. The quantitative estimate of drug-likeness (QED) is 0.786. The van der Waals surface area contributed by atoms with E-state index in [1.807, 2.05) is 0 Å². The van der Waals surface area contributed by atoms with Gasteiger partial charge in [0.05, 0.1) is 15.5 Å². The molecule has 0 unspecified atom stereocenters. The van der Waals surface area contributed by atoms with Crippen LogP contribution >= 0.6 is 0 Å². The van der Waals surface area contributed by atoms with Gasteiger partial charge in [-0.1, -0.05) is 18.2 Å². The molecular weight excluding hydrogens is 176 g/mol. The molecule has 2 aromatic rings.